The SMILES string of the molecule is Cc1cc(N2CCC(C(CCc3[nH]cc[nH+]3)[Si](C)(C)C)C2)ccc1N.[Cl-]. The van der Waals surface area contributed by atoms with Crippen molar-refractivity contribution in [1.82, 2.24) is 4.98 Å². The molecule has 0 amide bonds. The van der Waals surface area contributed by atoms with Crippen LogP contribution in [0.15, 0.2) is 30.6 Å². The third-order valence-electron chi connectivity index (χ3n) is 5.83. The third kappa shape index (κ3) is 4.83. The smallest absolute Gasteiger partial charge is 0.251 e. The van der Waals surface area contributed by atoms with Gasteiger partial charge >= 0.3 is 0 Å². The minimum atomic E-state index is -1.21. The Morgan fingerprint density at radius 3 is 2.73 bits per heavy atom. The van der Waals surface area contributed by atoms with E-state index in [0.717, 1.165) is 23.6 Å². The van der Waals surface area contributed by atoms with Gasteiger partial charge in [0.05, 0.1) is 0 Å². The highest BCUT2D eigenvalue weighted by molar-refractivity contribution is 6.77. The van der Waals surface area contributed by atoms with E-state index in [9.17, 15) is 0 Å². The number of benzene rings is 1. The van der Waals surface area contributed by atoms with Gasteiger partial charge in [-0.05, 0) is 55.0 Å². The van der Waals surface area contributed by atoms with Gasteiger partial charge in [-0.3, -0.25) is 0 Å². The molecule has 1 saturated heterocycles. The molecule has 1 fully saturated rings. The van der Waals surface area contributed by atoms with E-state index in [0.29, 0.717) is 0 Å². The number of anilines is 2. The molecule has 2 heterocycles. The molecule has 2 unspecified atom stereocenters. The van der Waals surface area contributed by atoms with Crippen LogP contribution in [0, 0.1) is 12.8 Å². The number of imidazole rings is 1. The molecule has 0 radical (unpaired) electrons. The lowest BCUT2D eigenvalue weighted by Crippen LogP contribution is -3.00. The molecule has 0 bridgehead atoms. The molecule has 26 heavy (non-hydrogen) atoms. The second-order valence-electron chi connectivity index (χ2n) is 8.65. The topological polar surface area (TPSA) is 59.2 Å². The second-order valence-corrected chi connectivity index (χ2v) is 14.1. The average Bonchev–Trinajstić information content (AvgIpc) is 3.21. The highest BCUT2D eigenvalue weighted by Crippen LogP contribution is 2.40. The van der Waals surface area contributed by atoms with Crippen molar-refractivity contribution in [3.8, 4) is 0 Å². The first-order valence-corrected chi connectivity index (χ1v) is 13.1. The molecule has 0 spiro atoms. The average molecular weight is 393 g/mol. The van der Waals surface area contributed by atoms with E-state index >= 15 is 0 Å². The van der Waals surface area contributed by atoms with Crippen LogP contribution in [0.4, 0.5) is 11.4 Å². The number of nitrogen functional groups attached to an aromatic ring is 1. The zero-order chi connectivity index (χ0) is 18.0. The van der Waals surface area contributed by atoms with Crippen LogP contribution in [0.5, 0.6) is 0 Å². The van der Waals surface area contributed by atoms with Crippen LogP contribution in [0.1, 0.15) is 24.2 Å². The molecule has 6 heteroatoms. The molecular formula is C20H33ClN4Si. The molecule has 1 aromatic carbocycles. The first kappa shape index (κ1) is 20.8. The molecule has 0 aliphatic carbocycles. The predicted octanol–water partition coefficient (Wildman–Crippen LogP) is 0.891. The summed E-state index contributed by atoms with van der Waals surface area (Å²) in [7, 11) is -1.21. The van der Waals surface area contributed by atoms with Crippen molar-refractivity contribution in [3.63, 3.8) is 0 Å². The summed E-state index contributed by atoms with van der Waals surface area (Å²) in [5.41, 5.74) is 10.2. The van der Waals surface area contributed by atoms with Gasteiger partial charge in [-0.25, -0.2) is 9.97 Å². The van der Waals surface area contributed by atoms with E-state index in [1.165, 1.54) is 43.0 Å². The number of hydrogen-bond acceptors (Lipinski definition) is 2. The fourth-order valence-corrected chi connectivity index (χ4v) is 7.05. The summed E-state index contributed by atoms with van der Waals surface area (Å²) in [6, 6.07) is 6.48. The number of nitrogens with two attached hydrogens (primary N) is 1. The van der Waals surface area contributed by atoms with Crippen LogP contribution in [-0.2, 0) is 6.42 Å². The molecule has 2 atom stereocenters. The number of hydrogen-bond donors (Lipinski definition) is 2. The van der Waals surface area contributed by atoms with Gasteiger partial charge in [0.2, 0.25) is 0 Å². The number of rotatable bonds is 6. The Balaban J connectivity index is 0.00000243. The van der Waals surface area contributed by atoms with Crippen LogP contribution in [0.3, 0.4) is 0 Å². The van der Waals surface area contributed by atoms with Crippen molar-refractivity contribution < 1.29 is 17.4 Å². The van der Waals surface area contributed by atoms with Crippen molar-refractivity contribution in [3.05, 3.63) is 42.0 Å². The molecule has 1 aliphatic rings. The van der Waals surface area contributed by atoms with Gasteiger partial charge in [-0.15, -0.1) is 0 Å². The van der Waals surface area contributed by atoms with E-state index in [-0.39, 0.29) is 12.4 Å². The van der Waals surface area contributed by atoms with Crippen LogP contribution in [-0.4, -0.2) is 26.1 Å². The highest BCUT2D eigenvalue weighted by atomic mass is 35.5. The summed E-state index contributed by atoms with van der Waals surface area (Å²) in [6.07, 6.45) is 7.69. The van der Waals surface area contributed by atoms with Gasteiger partial charge in [0.1, 0.15) is 12.4 Å². The Labute approximate surface area is 165 Å². The number of aryl methyl sites for hydroxylation is 2. The Morgan fingerprint density at radius 1 is 1.35 bits per heavy atom. The van der Waals surface area contributed by atoms with Crippen LogP contribution >= 0.6 is 0 Å². The number of halogens is 1. The first-order valence-electron chi connectivity index (χ1n) is 9.49. The van der Waals surface area contributed by atoms with Crippen molar-refractivity contribution >= 4 is 19.4 Å². The third-order valence-corrected chi connectivity index (χ3v) is 8.81. The van der Waals surface area contributed by atoms with Gasteiger partial charge in [0, 0.05) is 39.0 Å². The fourth-order valence-electron chi connectivity index (χ4n) is 4.35. The summed E-state index contributed by atoms with van der Waals surface area (Å²) in [5, 5.41) is 0. The summed E-state index contributed by atoms with van der Waals surface area (Å²) in [6.45, 7) is 12.1. The fraction of sp³-hybridized carbons (Fsp3) is 0.550. The van der Waals surface area contributed by atoms with E-state index in [2.05, 4.69) is 59.6 Å². The van der Waals surface area contributed by atoms with Gasteiger partial charge in [-0.2, -0.15) is 0 Å². The number of nitrogens with zero attached hydrogens (tertiary/aromatic N) is 1. The molecule has 4 nitrogen and oxygen atoms in total. The molecule has 2 aromatic rings. The number of nitrogens with one attached hydrogen (secondary N) is 2. The van der Waals surface area contributed by atoms with Crippen LogP contribution in [0.25, 0.3) is 0 Å². The zero-order valence-electron chi connectivity index (χ0n) is 16.5. The summed E-state index contributed by atoms with van der Waals surface area (Å²) in [4.78, 5) is 9.20. The summed E-state index contributed by atoms with van der Waals surface area (Å²) >= 11 is 0. The maximum Gasteiger partial charge on any atom is 0.251 e. The Morgan fingerprint density at radius 2 is 2.12 bits per heavy atom. The molecule has 144 valence electrons. The Bertz CT molecular complexity index is 696. The summed E-state index contributed by atoms with van der Waals surface area (Å²) in [5.74, 6) is 2.06. The predicted molar refractivity (Wildman–Crippen MR) is 109 cm³/mol. The first-order chi connectivity index (χ1) is 11.8. The standard InChI is InChI=1S/C20H32N4Si.ClH/c1-15-13-17(5-6-18(15)21)24-12-9-16(14-24)19(25(2,3)4)7-8-20-22-10-11-23-20;/h5-6,10-11,13,16,19H,7-9,12,14,21H2,1-4H3,(H,22,23);1H. The van der Waals surface area contributed by atoms with Crippen LogP contribution < -0.4 is 28.0 Å². The molecule has 1 aliphatic heterocycles. The van der Waals surface area contributed by atoms with Crippen molar-refractivity contribution in [2.24, 2.45) is 5.92 Å². The van der Waals surface area contributed by atoms with Crippen LogP contribution in [0.2, 0.25) is 25.2 Å². The molecule has 4 N–H and O–H groups in total. The number of H-pyrrole nitrogens is 2. The minimum Gasteiger partial charge on any atom is -1.00 e. The quantitative estimate of drug-likeness (QED) is 0.566. The maximum atomic E-state index is 5.99. The van der Waals surface area contributed by atoms with E-state index in [1.54, 1.807) is 0 Å². The lowest BCUT2D eigenvalue weighted by atomic mass is 10.00. The van der Waals surface area contributed by atoms with Crippen molar-refractivity contribution in [2.75, 3.05) is 23.7 Å². The van der Waals surface area contributed by atoms with Gasteiger partial charge in [0.15, 0.2) is 0 Å². The lowest BCUT2D eigenvalue weighted by molar-refractivity contribution is -0.388. The second kappa shape index (κ2) is 8.48. The van der Waals surface area contributed by atoms with Gasteiger partial charge in [0.25, 0.3) is 5.82 Å². The molecule has 0 saturated carbocycles. The Hall–Kier alpha value is -1.46. The molecule has 3 rings (SSSR count). The zero-order valence-corrected chi connectivity index (χ0v) is 18.2. The maximum absolute atomic E-state index is 5.99. The largest absolute Gasteiger partial charge is 1.00 e. The van der Waals surface area contributed by atoms with Gasteiger partial charge in [-0.1, -0.05) is 19.6 Å². The van der Waals surface area contributed by atoms with Crippen molar-refractivity contribution in [1.29, 1.82) is 0 Å². The number of aromatic nitrogens is 2. The lowest BCUT2D eigenvalue weighted by Gasteiger charge is -2.34. The van der Waals surface area contributed by atoms with Gasteiger partial charge < -0.3 is 23.0 Å². The minimum absolute atomic E-state index is 0. The molecular weight excluding hydrogens is 360 g/mol. The van der Waals surface area contributed by atoms with Crippen molar-refractivity contribution in [2.45, 2.75) is 51.4 Å². The monoisotopic (exact) mass is 392 g/mol. The van der Waals surface area contributed by atoms with E-state index in [1.807, 2.05) is 12.4 Å². The Kier molecular flexibility index (Phi) is 6.80. The summed E-state index contributed by atoms with van der Waals surface area (Å²) < 4.78 is 0. The number of aromatic amines is 2. The molecule has 1 aromatic heterocycles. The normalized spacial score (nSPS) is 18.6. The van der Waals surface area contributed by atoms with E-state index < -0.39 is 8.07 Å². The highest BCUT2D eigenvalue weighted by Gasteiger charge is 2.37. The van der Waals surface area contributed by atoms with E-state index in [4.69, 9.17) is 5.73 Å².